The van der Waals surface area contributed by atoms with Crippen LogP contribution >= 0.6 is 0 Å². The first-order valence-corrected chi connectivity index (χ1v) is 13.8. The van der Waals surface area contributed by atoms with Gasteiger partial charge in [0.05, 0.1) is 18.9 Å². The second kappa shape index (κ2) is 11.6. The molecule has 0 spiro atoms. The van der Waals surface area contributed by atoms with E-state index in [1.807, 2.05) is 79.7 Å². The number of benzene rings is 4. The monoisotopic (exact) mass is 516 g/mol. The number of hydrogen-bond donors (Lipinski definition) is 1. The molecule has 0 fully saturated rings. The van der Waals surface area contributed by atoms with Crippen LogP contribution in [0.5, 0.6) is 5.75 Å². The van der Waals surface area contributed by atoms with Crippen LogP contribution in [-0.2, 0) is 27.0 Å². The number of methoxy groups -OCH3 is 1. The molecule has 1 N–H and O–H groups in total. The third kappa shape index (κ3) is 6.37. The molecule has 0 bridgehead atoms. The molecule has 0 aliphatic carbocycles. The number of carbonyl (C=O) groups is 1. The van der Waals surface area contributed by atoms with Crippen LogP contribution in [-0.4, -0.2) is 38.8 Å². The van der Waals surface area contributed by atoms with Gasteiger partial charge in [-0.3, -0.25) is 4.79 Å². The molecule has 0 heterocycles. The highest BCUT2D eigenvalue weighted by molar-refractivity contribution is 7.88. The molecule has 1 amide bonds. The van der Waals surface area contributed by atoms with E-state index in [-0.39, 0.29) is 24.1 Å². The topological polar surface area (TPSA) is 75.7 Å². The summed E-state index contributed by atoms with van der Waals surface area (Å²) in [6, 6.07) is 29.0. The molecular formula is C30H32N2O4S. The van der Waals surface area contributed by atoms with E-state index < -0.39 is 16.1 Å². The van der Waals surface area contributed by atoms with Crippen molar-refractivity contribution in [3.63, 3.8) is 0 Å². The lowest BCUT2D eigenvalue weighted by atomic mass is 9.99. The number of nitrogens with one attached hydrogen (secondary N) is 1. The molecular weight excluding hydrogens is 484 g/mol. The summed E-state index contributed by atoms with van der Waals surface area (Å²) >= 11 is 0. The molecule has 4 aromatic carbocycles. The second-order valence-electron chi connectivity index (χ2n) is 9.12. The number of hydrogen-bond acceptors (Lipinski definition) is 4. The summed E-state index contributed by atoms with van der Waals surface area (Å²) in [5.41, 5.74) is 2.48. The average Bonchev–Trinajstić information content (AvgIpc) is 2.91. The smallest absolute Gasteiger partial charge is 0.239 e. The van der Waals surface area contributed by atoms with Crippen molar-refractivity contribution >= 4 is 26.7 Å². The van der Waals surface area contributed by atoms with Crippen LogP contribution in [0.15, 0.2) is 97.1 Å². The summed E-state index contributed by atoms with van der Waals surface area (Å²) < 4.78 is 33.2. The highest BCUT2D eigenvalue weighted by Gasteiger charge is 2.33. The molecule has 4 rings (SSSR count). The lowest BCUT2D eigenvalue weighted by Crippen LogP contribution is -2.49. The van der Waals surface area contributed by atoms with Gasteiger partial charge in [0.1, 0.15) is 11.8 Å². The quantitative estimate of drug-likeness (QED) is 0.318. The summed E-state index contributed by atoms with van der Waals surface area (Å²) in [6.07, 6.45) is 0.225. The Morgan fingerprint density at radius 3 is 2.22 bits per heavy atom. The Morgan fingerprint density at radius 1 is 0.865 bits per heavy atom. The normalized spacial score (nSPS) is 13.3. The molecule has 192 valence electrons. The lowest BCUT2D eigenvalue weighted by Gasteiger charge is -2.28. The van der Waals surface area contributed by atoms with Crippen molar-refractivity contribution in [2.45, 2.75) is 31.2 Å². The number of fused-ring (bicyclic) bond motifs is 1. The fourth-order valence-electron chi connectivity index (χ4n) is 4.47. The number of ether oxygens (including phenoxy) is 1. The lowest BCUT2D eigenvalue weighted by molar-refractivity contribution is -0.125. The molecule has 37 heavy (non-hydrogen) atoms. The number of nitrogens with zero attached hydrogens (tertiary/aromatic N) is 1. The Hall–Kier alpha value is -3.68. The zero-order chi connectivity index (χ0) is 26.4. The number of amides is 1. The van der Waals surface area contributed by atoms with E-state index in [1.54, 1.807) is 31.4 Å². The Bertz CT molecular complexity index is 1450. The minimum absolute atomic E-state index is 0.185. The van der Waals surface area contributed by atoms with Crippen molar-refractivity contribution in [3.8, 4) is 5.75 Å². The Morgan fingerprint density at radius 2 is 1.51 bits per heavy atom. The SMILES string of the molecule is COc1ccc(C[C@@H](C(=O)NC(C)c2cccc3ccccc23)N(C)S(=O)(=O)Cc2ccccc2)cc1. The number of sulfonamides is 1. The van der Waals surface area contributed by atoms with Gasteiger partial charge >= 0.3 is 0 Å². The van der Waals surface area contributed by atoms with Gasteiger partial charge in [-0.25, -0.2) is 8.42 Å². The summed E-state index contributed by atoms with van der Waals surface area (Å²) in [5.74, 6) is 0.157. The molecule has 1 unspecified atom stereocenters. The number of carbonyl (C=O) groups excluding carboxylic acids is 1. The van der Waals surface area contributed by atoms with Gasteiger partial charge in [-0.05, 0) is 52.9 Å². The third-order valence-corrected chi connectivity index (χ3v) is 8.44. The standard InChI is InChI=1S/C30H32N2O4S/c1-22(27-15-9-13-25-12-7-8-14-28(25)27)31-30(33)29(20-23-16-18-26(36-3)19-17-23)32(2)37(34,35)21-24-10-5-4-6-11-24/h4-19,22,29H,20-21H2,1-3H3,(H,31,33)/t22?,29-/m0/s1. The predicted octanol–water partition coefficient (Wildman–Crippen LogP) is 5.10. The Labute approximate surface area is 218 Å². The average molecular weight is 517 g/mol. The zero-order valence-electron chi connectivity index (χ0n) is 21.3. The van der Waals surface area contributed by atoms with E-state index >= 15 is 0 Å². The molecule has 6 nitrogen and oxygen atoms in total. The van der Waals surface area contributed by atoms with E-state index in [9.17, 15) is 13.2 Å². The largest absolute Gasteiger partial charge is 0.497 e. The van der Waals surface area contributed by atoms with Crippen molar-refractivity contribution in [2.24, 2.45) is 0 Å². The van der Waals surface area contributed by atoms with E-state index in [0.29, 0.717) is 11.3 Å². The molecule has 0 saturated heterocycles. The fraction of sp³-hybridized carbons (Fsp3) is 0.233. The van der Waals surface area contributed by atoms with Crippen molar-refractivity contribution in [2.75, 3.05) is 14.2 Å². The first-order valence-electron chi connectivity index (χ1n) is 12.2. The van der Waals surface area contributed by atoms with Gasteiger partial charge in [-0.2, -0.15) is 4.31 Å². The number of rotatable bonds is 10. The van der Waals surface area contributed by atoms with Gasteiger partial charge in [-0.1, -0.05) is 84.9 Å². The second-order valence-corrected chi connectivity index (χ2v) is 11.2. The van der Waals surface area contributed by atoms with E-state index in [0.717, 1.165) is 21.9 Å². The highest BCUT2D eigenvalue weighted by atomic mass is 32.2. The molecule has 0 radical (unpaired) electrons. The molecule has 4 aromatic rings. The van der Waals surface area contributed by atoms with Crippen LogP contribution in [0, 0.1) is 0 Å². The van der Waals surface area contributed by atoms with Crippen LogP contribution < -0.4 is 10.1 Å². The molecule has 0 aromatic heterocycles. The highest BCUT2D eigenvalue weighted by Crippen LogP contribution is 2.25. The first-order chi connectivity index (χ1) is 17.8. The van der Waals surface area contributed by atoms with E-state index in [4.69, 9.17) is 4.74 Å². The van der Waals surface area contributed by atoms with Gasteiger partial charge in [0.15, 0.2) is 0 Å². The van der Waals surface area contributed by atoms with Gasteiger partial charge in [-0.15, -0.1) is 0 Å². The molecule has 0 aliphatic heterocycles. The predicted molar refractivity (Wildman–Crippen MR) is 148 cm³/mol. The molecule has 2 atom stereocenters. The van der Waals surface area contributed by atoms with Crippen LogP contribution in [0.3, 0.4) is 0 Å². The Balaban J connectivity index is 1.61. The van der Waals surface area contributed by atoms with Crippen molar-refractivity contribution in [1.82, 2.24) is 9.62 Å². The molecule has 7 heteroatoms. The fourth-order valence-corrected chi connectivity index (χ4v) is 5.84. The minimum atomic E-state index is -3.78. The minimum Gasteiger partial charge on any atom is -0.497 e. The number of likely N-dealkylation sites (N-methyl/N-ethyl adjacent to an activating group) is 1. The summed E-state index contributed by atoms with van der Waals surface area (Å²) in [5, 5.41) is 5.21. The maximum atomic E-state index is 13.7. The van der Waals surface area contributed by atoms with E-state index in [2.05, 4.69) is 5.32 Å². The van der Waals surface area contributed by atoms with Gasteiger partial charge in [0.25, 0.3) is 0 Å². The van der Waals surface area contributed by atoms with Crippen LogP contribution in [0.4, 0.5) is 0 Å². The molecule has 0 aliphatic rings. The van der Waals surface area contributed by atoms with Crippen LogP contribution in [0.2, 0.25) is 0 Å². The zero-order valence-corrected chi connectivity index (χ0v) is 22.1. The summed E-state index contributed by atoms with van der Waals surface area (Å²) in [4.78, 5) is 13.7. The third-order valence-electron chi connectivity index (χ3n) is 6.61. The maximum Gasteiger partial charge on any atom is 0.239 e. The van der Waals surface area contributed by atoms with Gasteiger partial charge in [0.2, 0.25) is 15.9 Å². The maximum absolute atomic E-state index is 13.7. The van der Waals surface area contributed by atoms with Crippen molar-refractivity contribution < 1.29 is 17.9 Å². The summed E-state index contributed by atoms with van der Waals surface area (Å²) in [7, 11) is -0.710. The van der Waals surface area contributed by atoms with Crippen LogP contribution in [0.1, 0.15) is 29.7 Å². The van der Waals surface area contributed by atoms with Crippen LogP contribution in [0.25, 0.3) is 10.8 Å². The van der Waals surface area contributed by atoms with Crippen molar-refractivity contribution in [3.05, 3.63) is 114 Å². The molecule has 0 saturated carbocycles. The van der Waals surface area contributed by atoms with Gasteiger partial charge < -0.3 is 10.1 Å². The van der Waals surface area contributed by atoms with Gasteiger partial charge in [0, 0.05) is 7.05 Å². The van der Waals surface area contributed by atoms with Crippen molar-refractivity contribution in [1.29, 1.82) is 0 Å². The summed E-state index contributed by atoms with van der Waals surface area (Å²) in [6.45, 7) is 1.92. The Kier molecular flexibility index (Phi) is 8.26. The van der Waals surface area contributed by atoms with E-state index in [1.165, 1.54) is 11.4 Å². The first kappa shape index (κ1) is 26.4.